The molecule has 3 aromatic rings. The molecule has 0 fully saturated rings. The summed E-state index contributed by atoms with van der Waals surface area (Å²) >= 11 is 0. The van der Waals surface area contributed by atoms with Crippen LogP contribution >= 0.6 is 0 Å². The SMILES string of the molecule is C(=Nc1ccc2cn[nH]c2c1)c1ccc2c(c1)OCO2. The van der Waals surface area contributed by atoms with Crippen LogP contribution in [0.3, 0.4) is 0 Å². The van der Waals surface area contributed by atoms with Gasteiger partial charge in [-0.25, -0.2) is 0 Å². The molecule has 2 heterocycles. The molecule has 1 aromatic heterocycles. The maximum atomic E-state index is 5.34. The predicted molar refractivity (Wildman–Crippen MR) is 75.9 cm³/mol. The molecule has 1 aliphatic heterocycles. The molecular weight excluding hydrogens is 254 g/mol. The Balaban J connectivity index is 1.64. The number of ether oxygens (including phenoxy) is 2. The first-order chi connectivity index (χ1) is 9.88. The van der Waals surface area contributed by atoms with Crippen molar-refractivity contribution in [2.24, 2.45) is 4.99 Å². The minimum Gasteiger partial charge on any atom is -0.454 e. The molecule has 0 bridgehead atoms. The molecule has 5 heteroatoms. The predicted octanol–water partition coefficient (Wildman–Crippen LogP) is 3.04. The molecule has 20 heavy (non-hydrogen) atoms. The third-order valence-corrected chi connectivity index (χ3v) is 3.18. The number of nitrogens with one attached hydrogen (secondary N) is 1. The van der Waals surface area contributed by atoms with Crippen LogP contribution in [0.25, 0.3) is 10.9 Å². The summed E-state index contributed by atoms with van der Waals surface area (Å²) < 4.78 is 10.6. The molecule has 5 nitrogen and oxygen atoms in total. The zero-order valence-electron chi connectivity index (χ0n) is 10.5. The van der Waals surface area contributed by atoms with Crippen LogP contribution in [-0.2, 0) is 0 Å². The number of hydrogen-bond acceptors (Lipinski definition) is 4. The van der Waals surface area contributed by atoms with Crippen molar-refractivity contribution < 1.29 is 9.47 Å². The molecule has 98 valence electrons. The van der Waals surface area contributed by atoms with Crippen molar-refractivity contribution in [3.63, 3.8) is 0 Å². The summed E-state index contributed by atoms with van der Waals surface area (Å²) in [5.41, 5.74) is 2.82. The van der Waals surface area contributed by atoms with Crippen molar-refractivity contribution in [1.82, 2.24) is 10.2 Å². The lowest BCUT2D eigenvalue weighted by molar-refractivity contribution is 0.174. The standard InChI is InChI=1S/C15H11N3O2/c1-4-14-15(20-9-19-14)5-10(1)7-16-12-3-2-11-8-17-18-13(11)6-12/h1-8H,9H2,(H,17,18). The van der Waals surface area contributed by atoms with Gasteiger partial charge in [0.05, 0.1) is 17.4 Å². The Hall–Kier alpha value is -2.82. The van der Waals surface area contributed by atoms with E-state index in [4.69, 9.17) is 9.47 Å². The molecule has 1 N–H and O–H groups in total. The highest BCUT2D eigenvalue weighted by Gasteiger charge is 2.12. The average molecular weight is 265 g/mol. The van der Waals surface area contributed by atoms with Crippen molar-refractivity contribution >= 4 is 22.8 Å². The van der Waals surface area contributed by atoms with Gasteiger partial charge in [0.25, 0.3) is 0 Å². The molecule has 2 aromatic carbocycles. The summed E-state index contributed by atoms with van der Waals surface area (Å²) in [6, 6.07) is 11.7. The highest BCUT2D eigenvalue weighted by atomic mass is 16.7. The summed E-state index contributed by atoms with van der Waals surface area (Å²) in [5, 5.41) is 8.00. The van der Waals surface area contributed by atoms with E-state index in [-0.39, 0.29) is 6.79 Å². The van der Waals surface area contributed by atoms with Gasteiger partial charge in [0.15, 0.2) is 11.5 Å². The normalized spacial score (nSPS) is 13.4. The second-order valence-corrected chi connectivity index (χ2v) is 4.51. The van der Waals surface area contributed by atoms with E-state index < -0.39 is 0 Å². The van der Waals surface area contributed by atoms with Crippen LogP contribution < -0.4 is 9.47 Å². The van der Waals surface area contributed by atoms with Crippen molar-refractivity contribution in [3.05, 3.63) is 48.2 Å². The smallest absolute Gasteiger partial charge is 0.231 e. The van der Waals surface area contributed by atoms with E-state index >= 15 is 0 Å². The van der Waals surface area contributed by atoms with Gasteiger partial charge in [-0.15, -0.1) is 0 Å². The average Bonchev–Trinajstić information content (AvgIpc) is 3.12. The van der Waals surface area contributed by atoms with Crippen LogP contribution in [-0.4, -0.2) is 23.2 Å². The minimum absolute atomic E-state index is 0.284. The van der Waals surface area contributed by atoms with Gasteiger partial charge in [0.1, 0.15) is 0 Å². The first-order valence-electron chi connectivity index (χ1n) is 6.25. The molecule has 0 aliphatic carbocycles. The third kappa shape index (κ3) is 1.89. The largest absolute Gasteiger partial charge is 0.454 e. The van der Waals surface area contributed by atoms with E-state index in [1.807, 2.05) is 36.4 Å². The third-order valence-electron chi connectivity index (χ3n) is 3.18. The molecule has 1 aliphatic rings. The molecule has 0 unspecified atom stereocenters. The lowest BCUT2D eigenvalue weighted by atomic mass is 10.2. The van der Waals surface area contributed by atoms with E-state index in [2.05, 4.69) is 15.2 Å². The zero-order chi connectivity index (χ0) is 13.4. The molecular formula is C15H11N3O2. The molecule has 0 radical (unpaired) electrons. The van der Waals surface area contributed by atoms with Crippen LogP contribution in [0.1, 0.15) is 5.56 Å². The summed E-state index contributed by atoms with van der Waals surface area (Å²) in [6.07, 6.45) is 3.60. The summed E-state index contributed by atoms with van der Waals surface area (Å²) in [6.45, 7) is 0.284. The lowest BCUT2D eigenvalue weighted by Crippen LogP contribution is -1.92. The fraction of sp³-hybridized carbons (Fsp3) is 0.0667. The fourth-order valence-corrected chi connectivity index (χ4v) is 2.15. The molecule has 0 amide bonds. The Morgan fingerprint density at radius 1 is 1.10 bits per heavy atom. The minimum atomic E-state index is 0.284. The molecule has 0 spiro atoms. The number of aromatic amines is 1. The van der Waals surface area contributed by atoms with Gasteiger partial charge < -0.3 is 9.47 Å². The maximum absolute atomic E-state index is 5.34. The fourth-order valence-electron chi connectivity index (χ4n) is 2.15. The number of benzene rings is 2. The Kier molecular flexibility index (Phi) is 2.42. The number of aromatic nitrogens is 2. The molecule has 4 rings (SSSR count). The van der Waals surface area contributed by atoms with Gasteiger partial charge >= 0.3 is 0 Å². The van der Waals surface area contributed by atoms with E-state index in [0.29, 0.717) is 0 Å². The maximum Gasteiger partial charge on any atom is 0.231 e. The summed E-state index contributed by atoms with van der Waals surface area (Å²) in [7, 11) is 0. The number of fused-ring (bicyclic) bond motifs is 2. The first-order valence-corrected chi connectivity index (χ1v) is 6.25. The second-order valence-electron chi connectivity index (χ2n) is 4.51. The van der Waals surface area contributed by atoms with Gasteiger partial charge in [-0.1, -0.05) is 0 Å². The number of hydrogen-bond donors (Lipinski definition) is 1. The Labute approximate surface area is 114 Å². The topological polar surface area (TPSA) is 59.5 Å². The van der Waals surface area contributed by atoms with Crippen LogP contribution in [0.15, 0.2) is 47.6 Å². The van der Waals surface area contributed by atoms with Crippen LogP contribution in [0.2, 0.25) is 0 Å². The zero-order valence-corrected chi connectivity index (χ0v) is 10.5. The van der Waals surface area contributed by atoms with Gasteiger partial charge in [0.2, 0.25) is 6.79 Å². The van der Waals surface area contributed by atoms with Crippen molar-refractivity contribution in [3.8, 4) is 11.5 Å². The lowest BCUT2D eigenvalue weighted by Gasteiger charge is -1.98. The monoisotopic (exact) mass is 265 g/mol. The van der Waals surface area contributed by atoms with Crippen LogP contribution in [0.4, 0.5) is 5.69 Å². The van der Waals surface area contributed by atoms with Crippen LogP contribution in [0.5, 0.6) is 11.5 Å². The van der Waals surface area contributed by atoms with Crippen molar-refractivity contribution in [1.29, 1.82) is 0 Å². The van der Waals surface area contributed by atoms with Gasteiger partial charge in [-0.2, -0.15) is 5.10 Å². The Morgan fingerprint density at radius 3 is 3.05 bits per heavy atom. The Bertz CT molecular complexity index is 808. The molecule has 0 saturated heterocycles. The highest BCUT2D eigenvalue weighted by molar-refractivity contribution is 5.86. The Morgan fingerprint density at radius 2 is 2.05 bits per heavy atom. The highest BCUT2D eigenvalue weighted by Crippen LogP contribution is 2.32. The molecule has 0 atom stereocenters. The van der Waals surface area contributed by atoms with Crippen molar-refractivity contribution in [2.45, 2.75) is 0 Å². The van der Waals surface area contributed by atoms with Gasteiger partial charge in [0, 0.05) is 11.6 Å². The quantitative estimate of drug-likeness (QED) is 0.724. The summed E-state index contributed by atoms with van der Waals surface area (Å²) in [4.78, 5) is 4.46. The van der Waals surface area contributed by atoms with E-state index in [0.717, 1.165) is 33.7 Å². The first kappa shape index (κ1) is 11.0. The second kappa shape index (κ2) is 4.38. The molecule has 0 saturated carbocycles. The number of H-pyrrole nitrogens is 1. The van der Waals surface area contributed by atoms with Crippen LogP contribution in [0, 0.1) is 0 Å². The number of aliphatic imine (C=N–C) groups is 1. The number of nitrogens with zero attached hydrogens (tertiary/aromatic N) is 2. The summed E-state index contributed by atoms with van der Waals surface area (Å²) in [5.74, 6) is 1.54. The van der Waals surface area contributed by atoms with Crippen molar-refractivity contribution in [2.75, 3.05) is 6.79 Å². The van der Waals surface area contributed by atoms with Gasteiger partial charge in [-0.3, -0.25) is 10.1 Å². The van der Waals surface area contributed by atoms with E-state index in [9.17, 15) is 0 Å². The van der Waals surface area contributed by atoms with Gasteiger partial charge in [-0.05, 0) is 42.0 Å². The van der Waals surface area contributed by atoms with E-state index in [1.54, 1.807) is 12.4 Å². The van der Waals surface area contributed by atoms with E-state index in [1.165, 1.54) is 0 Å². The number of rotatable bonds is 2.